The quantitative estimate of drug-likeness (QED) is 0.341. The summed E-state index contributed by atoms with van der Waals surface area (Å²) in [6, 6.07) is 5.49. The Morgan fingerprint density at radius 1 is 1.42 bits per heavy atom. The largest absolute Gasteiger partial charge is 0.409 e. The lowest BCUT2D eigenvalue weighted by Gasteiger charge is -2.34. The predicted molar refractivity (Wildman–Crippen MR) is 76.0 cm³/mol. The summed E-state index contributed by atoms with van der Waals surface area (Å²) in [6.45, 7) is 1.89. The van der Waals surface area contributed by atoms with Crippen molar-refractivity contribution in [2.24, 2.45) is 16.8 Å². The molecule has 1 aromatic carbocycles. The molecule has 1 saturated heterocycles. The Balaban J connectivity index is 2.28. The van der Waals surface area contributed by atoms with Gasteiger partial charge in [-0.25, -0.2) is 0 Å². The SMILES string of the molecule is NC(=NO)c1c(Cl)cccc1N1CCC(CO)CC1. The normalized spacial score (nSPS) is 17.8. The van der Waals surface area contributed by atoms with E-state index in [-0.39, 0.29) is 12.4 Å². The Hall–Kier alpha value is -1.46. The van der Waals surface area contributed by atoms with Crippen LogP contribution in [0.5, 0.6) is 0 Å². The van der Waals surface area contributed by atoms with Crippen LogP contribution in [0.4, 0.5) is 5.69 Å². The number of oxime groups is 1. The minimum absolute atomic E-state index is 0.0184. The molecular weight excluding hydrogens is 266 g/mol. The summed E-state index contributed by atoms with van der Waals surface area (Å²) in [5, 5.41) is 21.5. The first-order valence-electron chi connectivity index (χ1n) is 6.29. The highest BCUT2D eigenvalue weighted by atomic mass is 35.5. The van der Waals surface area contributed by atoms with E-state index in [1.54, 1.807) is 6.07 Å². The first-order chi connectivity index (χ1) is 9.17. The first kappa shape index (κ1) is 14.0. The second-order valence-electron chi connectivity index (χ2n) is 4.73. The minimum atomic E-state index is 0.0184. The van der Waals surface area contributed by atoms with Gasteiger partial charge in [-0.15, -0.1) is 0 Å². The van der Waals surface area contributed by atoms with E-state index >= 15 is 0 Å². The van der Waals surface area contributed by atoms with E-state index in [1.807, 2.05) is 12.1 Å². The lowest BCUT2D eigenvalue weighted by molar-refractivity contribution is 0.203. The average Bonchev–Trinajstić information content (AvgIpc) is 2.46. The first-order valence-corrected chi connectivity index (χ1v) is 6.67. The van der Waals surface area contributed by atoms with E-state index in [1.165, 1.54) is 0 Å². The van der Waals surface area contributed by atoms with Crippen LogP contribution >= 0.6 is 11.6 Å². The highest BCUT2D eigenvalue weighted by Crippen LogP contribution is 2.30. The van der Waals surface area contributed by atoms with Gasteiger partial charge >= 0.3 is 0 Å². The number of amidine groups is 1. The van der Waals surface area contributed by atoms with Crippen molar-refractivity contribution in [3.05, 3.63) is 28.8 Å². The van der Waals surface area contributed by atoms with Gasteiger partial charge in [0, 0.05) is 25.4 Å². The van der Waals surface area contributed by atoms with Crippen LogP contribution < -0.4 is 10.6 Å². The van der Waals surface area contributed by atoms with Crippen molar-refractivity contribution >= 4 is 23.1 Å². The molecule has 1 fully saturated rings. The van der Waals surface area contributed by atoms with Crippen molar-refractivity contribution in [2.75, 3.05) is 24.6 Å². The Morgan fingerprint density at radius 3 is 2.68 bits per heavy atom. The van der Waals surface area contributed by atoms with Crippen LogP contribution in [-0.2, 0) is 0 Å². The van der Waals surface area contributed by atoms with E-state index < -0.39 is 0 Å². The second kappa shape index (κ2) is 6.12. The molecule has 1 aliphatic rings. The molecule has 2 rings (SSSR count). The molecule has 0 radical (unpaired) electrons. The van der Waals surface area contributed by atoms with Crippen molar-refractivity contribution < 1.29 is 10.3 Å². The van der Waals surface area contributed by atoms with Gasteiger partial charge in [-0.2, -0.15) is 0 Å². The molecule has 0 spiro atoms. The highest BCUT2D eigenvalue weighted by Gasteiger charge is 2.22. The van der Waals surface area contributed by atoms with Crippen LogP contribution in [0, 0.1) is 5.92 Å². The number of aliphatic hydroxyl groups is 1. The minimum Gasteiger partial charge on any atom is -0.409 e. The number of halogens is 1. The second-order valence-corrected chi connectivity index (χ2v) is 5.14. The number of hydrogen-bond donors (Lipinski definition) is 3. The van der Waals surface area contributed by atoms with Crippen LogP contribution in [0.15, 0.2) is 23.4 Å². The zero-order chi connectivity index (χ0) is 13.8. The fraction of sp³-hybridized carbons (Fsp3) is 0.462. The summed E-state index contributed by atoms with van der Waals surface area (Å²) in [5.74, 6) is 0.382. The molecule has 0 bridgehead atoms. The Kier molecular flexibility index (Phi) is 4.50. The van der Waals surface area contributed by atoms with Gasteiger partial charge in [0.25, 0.3) is 0 Å². The molecule has 1 aromatic rings. The predicted octanol–water partition coefficient (Wildman–Crippen LogP) is 1.64. The van der Waals surface area contributed by atoms with E-state index in [2.05, 4.69) is 10.1 Å². The molecule has 19 heavy (non-hydrogen) atoms. The Bertz CT molecular complexity index is 471. The van der Waals surface area contributed by atoms with E-state index in [9.17, 15) is 0 Å². The van der Waals surface area contributed by atoms with Crippen molar-refractivity contribution in [2.45, 2.75) is 12.8 Å². The Labute approximate surface area is 117 Å². The number of hydrogen-bond acceptors (Lipinski definition) is 4. The van der Waals surface area contributed by atoms with E-state index in [0.29, 0.717) is 16.5 Å². The highest BCUT2D eigenvalue weighted by molar-refractivity contribution is 6.34. The maximum Gasteiger partial charge on any atom is 0.173 e. The standard InChI is InChI=1S/C13H18ClN3O2/c14-10-2-1-3-11(12(10)13(15)16-19)17-6-4-9(8-18)5-7-17/h1-3,9,18-19H,4-8H2,(H2,15,16). The number of anilines is 1. The molecule has 104 valence electrons. The molecule has 0 aliphatic carbocycles. The van der Waals surface area contributed by atoms with Crippen molar-refractivity contribution in [3.63, 3.8) is 0 Å². The zero-order valence-electron chi connectivity index (χ0n) is 10.6. The summed E-state index contributed by atoms with van der Waals surface area (Å²) in [4.78, 5) is 2.16. The van der Waals surface area contributed by atoms with Gasteiger partial charge in [-0.1, -0.05) is 22.8 Å². The lowest BCUT2D eigenvalue weighted by atomic mass is 9.97. The lowest BCUT2D eigenvalue weighted by Crippen LogP contribution is -2.36. The van der Waals surface area contributed by atoms with Crippen LogP contribution in [0.1, 0.15) is 18.4 Å². The monoisotopic (exact) mass is 283 g/mol. The molecule has 4 N–H and O–H groups in total. The molecule has 5 nitrogen and oxygen atoms in total. The van der Waals surface area contributed by atoms with Gasteiger partial charge in [0.15, 0.2) is 5.84 Å². The number of benzene rings is 1. The molecule has 6 heteroatoms. The summed E-state index contributed by atoms with van der Waals surface area (Å²) >= 11 is 6.14. The molecule has 0 saturated carbocycles. The zero-order valence-corrected chi connectivity index (χ0v) is 11.3. The fourth-order valence-corrected chi connectivity index (χ4v) is 2.70. The van der Waals surface area contributed by atoms with Gasteiger partial charge in [0.05, 0.1) is 10.6 Å². The average molecular weight is 284 g/mol. The van der Waals surface area contributed by atoms with Gasteiger partial charge < -0.3 is 20.9 Å². The molecule has 1 aliphatic heterocycles. The van der Waals surface area contributed by atoms with Crippen LogP contribution in [0.3, 0.4) is 0 Å². The number of aliphatic hydroxyl groups excluding tert-OH is 1. The number of nitrogens with zero attached hydrogens (tertiary/aromatic N) is 2. The van der Waals surface area contributed by atoms with Gasteiger partial charge in [0.2, 0.25) is 0 Å². The maximum absolute atomic E-state index is 9.16. The third kappa shape index (κ3) is 2.93. The van der Waals surface area contributed by atoms with E-state index in [0.717, 1.165) is 31.6 Å². The summed E-state index contributed by atoms with van der Waals surface area (Å²) in [5.41, 5.74) is 7.14. The van der Waals surface area contributed by atoms with Crippen LogP contribution in [-0.4, -0.2) is 35.8 Å². The van der Waals surface area contributed by atoms with Crippen LogP contribution in [0.2, 0.25) is 5.02 Å². The topological polar surface area (TPSA) is 82.1 Å². The van der Waals surface area contributed by atoms with Crippen molar-refractivity contribution in [1.29, 1.82) is 0 Å². The molecule has 1 heterocycles. The van der Waals surface area contributed by atoms with Gasteiger partial charge in [0.1, 0.15) is 0 Å². The van der Waals surface area contributed by atoms with Crippen molar-refractivity contribution in [1.82, 2.24) is 0 Å². The number of nitrogens with two attached hydrogens (primary N) is 1. The van der Waals surface area contributed by atoms with Crippen LogP contribution in [0.25, 0.3) is 0 Å². The third-order valence-corrected chi connectivity index (χ3v) is 3.88. The third-order valence-electron chi connectivity index (χ3n) is 3.57. The van der Waals surface area contributed by atoms with Gasteiger partial charge in [-0.3, -0.25) is 0 Å². The summed E-state index contributed by atoms with van der Waals surface area (Å²) in [7, 11) is 0. The fourth-order valence-electron chi connectivity index (χ4n) is 2.44. The number of rotatable bonds is 3. The summed E-state index contributed by atoms with van der Waals surface area (Å²) in [6.07, 6.45) is 1.86. The van der Waals surface area contributed by atoms with Crippen molar-refractivity contribution in [3.8, 4) is 0 Å². The molecule has 0 atom stereocenters. The molecule has 0 unspecified atom stereocenters. The molecular formula is C13H18ClN3O2. The molecule has 0 aromatic heterocycles. The molecule has 0 amide bonds. The van der Waals surface area contributed by atoms with Gasteiger partial charge in [-0.05, 0) is 30.9 Å². The smallest absolute Gasteiger partial charge is 0.173 e. The maximum atomic E-state index is 9.16. The summed E-state index contributed by atoms with van der Waals surface area (Å²) < 4.78 is 0. The van der Waals surface area contributed by atoms with E-state index in [4.69, 9.17) is 27.6 Å². The number of piperidine rings is 1. The Morgan fingerprint density at radius 2 is 2.11 bits per heavy atom.